The van der Waals surface area contributed by atoms with Crippen LogP contribution < -0.4 is 5.32 Å². The number of aromatic nitrogens is 3. The normalized spacial score (nSPS) is 11.9. The Bertz CT molecular complexity index is 1540. The molecular formula is C33H37N5. The van der Waals surface area contributed by atoms with E-state index in [1.54, 1.807) is 0 Å². The summed E-state index contributed by atoms with van der Waals surface area (Å²) in [6, 6.07) is 27.8. The first-order valence-electron chi connectivity index (χ1n) is 13.3. The van der Waals surface area contributed by atoms with Crippen LogP contribution in [0.15, 0.2) is 85.1 Å². The van der Waals surface area contributed by atoms with Gasteiger partial charge in [0.2, 0.25) is 0 Å². The first kappa shape index (κ1) is 25.7. The average molecular weight is 504 g/mol. The summed E-state index contributed by atoms with van der Waals surface area (Å²) in [7, 11) is 4.17. The summed E-state index contributed by atoms with van der Waals surface area (Å²) in [6.45, 7) is 9.73. The summed E-state index contributed by atoms with van der Waals surface area (Å²) in [6.07, 6.45) is 3.13. The number of aryl methyl sites for hydroxylation is 1. The molecule has 0 radical (unpaired) electrons. The Kier molecular flexibility index (Phi) is 7.04. The quantitative estimate of drug-likeness (QED) is 0.247. The van der Waals surface area contributed by atoms with Crippen LogP contribution in [-0.4, -0.2) is 33.4 Å². The Morgan fingerprint density at radius 3 is 2.24 bits per heavy atom. The molecule has 3 aromatic heterocycles. The number of rotatable bonds is 7. The van der Waals surface area contributed by atoms with Crippen molar-refractivity contribution in [2.24, 2.45) is 0 Å². The number of pyridine rings is 2. The molecular weight excluding hydrogens is 466 g/mol. The van der Waals surface area contributed by atoms with Gasteiger partial charge >= 0.3 is 0 Å². The van der Waals surface area contributed by atoms with E-state index in [1.807, 2.05) is 6.07 Å². The number of imidazole rings is 1. The third kappa shape index (κ3) is 5.48. The van der Waals surface area contributed by atoms with E-state index in [-0.39, 0.29) is 5.41 Å². The summed E-state index contributed by atoms with van der Waals surface area (Å²) in [5, 5.41) is 3.49. The van der Waals surface area contributed by atoms with Crippen molar-refractivity contribution in [1.82, 2.24) is 19.3 Å². The summed E-state index contributed by atoms with van der Waals surface area (Å²) in [4.78, 5) is 12.3. The number of hydrogen-bond acceptors (Lipinski definition) is 4. The highest BCUT2D eigenvalue weighted by Gasteiger charge is 2.18. The second-order valence-electron chi connectivity index (χ2n) is 11.2. The molecule has 0 saturated carbocycles. The van der Waals surface area contributed by atoms with E-state index in [1.165, 1.54) is 16.7 Å². The highest BCUT2D eigenvalue weighted by molar-refractivity contribution is 5.81. The molecule has 5 rings (SSSR count). The van der Waals surface area contributed by atoms with Gasteiger partial charge in [-0.2, -0.15) is 0 Å². The average Bonchev–Trinajstić information content (AvgIpc) is 3.27. The number of benzene rings is 2. The Labute approximate surface area is 226 Å². The lowest BCUT2D eigenvalue weighted by Crippen LogP contribution is -2.10. The van der Waals surface area contributed by atoms with Crippen molar-refractivity contribution in [3.8, 4) is 22.6 Å². The summed E-state index contributed by atoms with van der Waals surface area (Å²) in [5.74, 6) is 0.803. The molecule has 38 heavy (non-hydrogen) atoms. The lowest BCUT2D eigenvalue weighted by Gasteiger charge is -2.19. The highest BCUT2D eigenvalue weighted by Crippen LogP contribution is 2.33. The summed E-state index contributed by atoms with van der Waals surface area (Å²) >= 11 is 0. The second-order valence-corrected chi connectivity index (χ2v) is 11.2. The molecule has 0 atom stereocenters. The van der Waals surface area contributed by atoms with E-state index >= 15 is 0 Å². The molecule has 5 heteroatoms. The van der Waals surface area contributed by atoms with Crippen molar-refractivity contribution in [3.63, 3.8) is 0 Å². The van der Waals surface area contributed by atoms with Gasteiger partial charge < -0.3 is 10.2 Å². The maximum absolute atomic E-state index is 5.11. The molecule has 1 N–H and O–H groups in total. The van der Waals surface area contributed by atoms with Gasteiger partial charge in [-0.1, -0.05) is 70.2 Å². The van der Waals surface area contributed by atoms with Gasteiger partial charge in [-0.25, -0.2) is 9.97 Å². The van der Waals surface area contributed by atoms with Crippen molar-refractivity contribution in [1.29, 1.82) is 0 Å². The van der Waals surface area contributed by atoms with Crippen LogP contribution in [0, 0.1) is 0 Å². The van der Waals surface area contributed by atoms with Crippen molar-refractivity contribution < 1.29 is 0 Å². The van der Waals surface area contributed by atoms with Crippen LogP contribution in [0.25, 0.3) is 28.3 Å². The SMILES string of the molecule is CCc1ccc(-c2nc3cc(CN(C)C)ccn3c2-c2cccc(Nc3ccc(C(C)(C)C)cc3)n2)cc1. The molecule has 0 amide bonds. The topological polar surface area (TPSA) is 45.5 Å². The third-order valence-corrected chi connectivity index (χ3v) is 6.84. The molecule has 0 bridgehead atoms. The smallest absolute Gasteiger partial charge is 0.138 e. The van der Waals surface area contributed by atoms with Gasteiger partial charge in [0.05, 0.1) is 17.1 Å². The fourth-order valence-corrected chi connectivity index (χ4v) is 4.73. The van der Waals surface area contributed by atoms with Crippen LogP contribution in [0.1, 0.15) is 44.4 Å². The van der Waals surface area contributed by atoms with Crippen LogP contribution in [0.5, 0.6) is 0 Å². The minimum absolute atomic E-state index is 0.123. The van der Waals surface area contributed by atoms with Gasteiger partial charge in [0, 0.05) is 24.0 Å². The molecule has 0 fully saturated rings. The van der Waals surface area contributed by atoms with Crippen LogP contribution in [-0.2, 0) is 18.4 Å². The molecule has 5 aromatic rings. The number of nitrogens with one attached hydrogen (secondary N) is 1. The maximum atomic E-state index is 5.11. The van der Waals surface area contributed by atoms with E-state index in [9.17, 15) is 0 Å². The monoisotopic (exact) mass is 503 g/mol. The van der Waals surface area contributed by atoms with Crippen molar-refractivity contribution >= 4 is 17.2 Å². The standard InChI is InChI=1S/C33H37N5/c1-7-23-11-13-25(14-12-23)31-32(38-20-19-24(22-37(5)6)21-30(38)36-31)28-9-8-10-29(35-28)34-27-17-15-26(16-18-27)33(2,3)4/h8-21H,7,22H2,1-6H3,(H,34,35). The van der Waals surface area contributed by atoms with Gasteiger partial charge in [0.25, 0.3) is 0 Å². The second kappa shape index (κ2) is 10.4. The molecule has 0 spiro atoms. The lowest BCUT2D eigenvalue weighted by atomic mass is 9.87. The molecule has 194 valence electrons. The fraction of sp³-hybridized carbons (Fsp3) is 0.273. The van der Waals surface area contributed by atoms with E-state index in [4.69, 9.17) is 9.97 Å². The number of fused-ring (bicyclic) bond motifs is 1. The number of anilines is 2. The molecule has 5 nitrogen and oxygen atoms in total. The Hall–Kier alpha value is -3.96. The Morgan fingerprint density at radius 1 is 0.842 bits per heavy atom. The molecule has 0 saturated heterocycles. The molecule has 0 aliphatic heterocycles. The zero-order chi connectivity index (χ0) is 26.9. The van der Waals surface area contributed by atoms with Gasteiger partial charge in [-0.15, -0.1) is 0 Å². The summed E-state index contributed by atoms with van der Waals surface area (Å²) in [5.41, 5.74) is 9.82. The largest absolute Gasteiger partial charge is 0.340 e. The van der Waals surface area contributed by atoms with Crippen molar-refractivity contribution in [2.75, 3.05) is 19.4 Å². The van der Waals surface area contributed by atoms with Crippen molar-refractivity contribution in [2.45, 2.75) is 46.1 Å². The molecule has 0 aliphatic rings. The fourth-order valence-electron chi connectivity index (χ4n) is 4.73. The van der Waals surface area contributed by atoms with E-state index in [0.29, 0.717) is 0 Å². The predicted molar refractivity (Wildman–Crippen MR) is 159 cm³/mol. The zero-order valence-electron chi connectivity index (χ0n) is 23.3. The van der Waals surface area contributed by atoms with Crippen LogP contribution in [0.4, 0.5) is 11.5 Å². The number of nitrogens with zero attached hydrogens (tertiary/aromatic N) is 4. The zero-order valence-corrected chi connectivity index (χ0v) is 23.3. The molecule has 0 unspecified atom stereocenters. The maximum Gasteiger partial charge on any atom is 0.138 e. The van der Waals surface area contributed by atoms with Crippen LogP contribution in [0.2, 0.25) is 0 Å². The molecule has 0 aliphatic carbocycles. The Balaban J connectivity index is 1.57. The van der Waals surface area contributed by atoms with Gasteiger partial charge in [0.15, 0.2) is 0 Å². The minimum atomic E-state index is 0.123. The Morgan fingerprint density at radius 2 is 1.58 bits per heavy atom. The van der Waals surface area contributed by atoms with Gasteiger partial charge in [-0.3, -0.25) is 4.40 Å². The van der Waals surface area contributed by atoms with Gasteiger partial charge in [0.1, 0.15) is 11.5 Å². The first-order chi connectivity index (χ1) is 18.2. The lowest BCUT2D eigenvalue weighted by molar-refractivity contribution is 0.402. The first-order valence-corrected chi connectivity index (χ1v) is 13.3. The predicted octanol–water partition coefficient (Wildman–Crippen LogP) is 7.73. The van der Waals surface area contributed by atoms with E-state index in [2.05, 4.69) is 135 Å². The minimum Gasteiger partial charge on any atom is -0.340 e. The van der Waals surface area contributed by atoms with E-state index < -0.39 is 0 Å². The molecule has 2 aromatic carbocycles. The summed E-state index contributed by atoms with van der Waals surface area (Å²) < 4.78 is 2.16. The van der Waals surface area contributed by atoms with E-state index in [0.717, 1.165) is 52.8 Å². The number of hydrogen-bond donors (Lipinski definition) is 1. The highest BCUT2D eigenvalue weighted by atomic mass is 15.1. The molecule has 3 heterocycles. The van der Waals surface area contributed by atoms with Gasteiger partial charge in [-0.05, 0) is 79.0 Å². The third-order valence-electron chi connectivity index (χ3n) is 6.84. The van der Waals surface area contributed by atoms with Crippen molar-refractivity contribution in [3.05, 3.63) is 102 Å². The van der Waals surface area contributed by atoms with Crippen LogP contribution >= 0.6 is 0 Å². The van der Waals surface area contributed by atoms with Crippen LogP contribution in [0.3, 0.4) is 0 Å².